The quantitative estimate of drug-likeness (QED) is 0.155. The van der Waals surface area contributed by atoms with Crippen molar-refractivity contribution in [2.24, 2.45) is 0 Å². The van der Waals surface area contributed by atoms with E-state index in [4.69, 9.17) is 15.0 Å². The lowest BCUT2D eigenvalue weighted by Gasteiger charge is -2.12. The zero-order valence-corrected chi connectivity index (χ0v) is 29.8. The maximum atomic E-state index is 5.02. The summed E-state index contributed by atoms with van der Waals surface area (Å²) in [6, 6.07) is 64.4. The Labute approximate surface area is 317 Å². The molecule has 3 heterocycles. The molecule has 0 unspecified atom stereocenters. The Kier molecular flexibility index (Phi) is 7.17. The van der Waals surface area contributed by atoms with Gasteiger partial charge in [-0.1, -0.05) is 133 Å². The van der Waals surface area contributed by atoms with Crippen LogP contribution in [0.3, 0.4) is 0 Å². The summed E-state index contributed by atoms with van der Waals surface area (Å²) in [5.74, 6) is 2.08. The second-order valence-electron chi connectivity index (χ2n) is 14.1. The first-order chi connectivity index (χ1) is 27.2. The molecule has 55 heavy (non-hydrogen) atoms. The van der Waals surface area contributed by atoms with Crippen LogP contribution in [0.2, 0.25) is 0 Å². The highest BCUT2D eigenvalue weighted by Crippen LogP contribution is 2.43. The van der Waals surface area contributed by atoms with Gasteiger partial charge in [-0.3, -0.25) is 0 Å². The van der Waals surface area contributed by atoms with Crippen LogP contribution in [0.1, 0.15) is 11.4 Å². The van der Waals surface area contributed by atoms with E-state index in [1.165, 1.54) is 43.5 Å². The Morgan fingerprint density at radius 2 is 1.05 bits per heavy atom. The van der Waals surface area contributed by atoms with E-state index in [0.29, 0.717) is 18.1 Å². The molecule has 0 radical (unpaired) electrons. The van der Waals surface area contributed by atoms with E-state index in [2.05, 4.69) is 173 Å². The average molecular weight is 704 g/mol. The fourth-order valence-electron chi connectivity index (χ4n) is 8.24. The number of para-hydroxylation sites is 1. The van der Waals surface area contributed by atoms with E-state index in [1.54, 1.807) is 0 Å². The Balaban J connectivity index is 1.06. The van der Waals surface area contributed by atoms with E-state index in [-0.39, 0.29) is 0 Å². The zero-order valence-electron chi connectivity index (χ0n) is 29.8. The number of benzene rings is 8. The van der Waals surface area contributed by atoms with Crippen molar-refractivity contribution in [2.75, 3.05) is 0 Å². The van der Waals surface area contributed by atoms with E-state index in [1.807, 2.05) is 24.3 Å². The minimum absolute atomic E-state index is 0.623. The molecule has 0 bridgehead atoms. The van der Waals surface area contributed by atoms with Crippen molar-refractivity contribution >= 4 is 43.5 Å². The van der Waals surface area contributed by atoms with Gasteiger partial charge in [-0.25, -0.2) is 15.0 Å². The molecule has 0 spiro atoms. The first kappa shape index (κ1) is 31.2. The molecule has 0 aliphatic heterocycles. The number of rotatable bonds is 7. The van der Waals surface area contributed by atoms with Crippen LogP contribution in [0.25, 0.3) is 88.8 Å². The number of hydrogen-bond donors (Lipinski definition) is 0. The van der Waals surface area contributed by atoms with Crippen molar-refractivity contribution in [1.29, 1.82) is 0 Å². The molecule has 0 atom stereocenters. The maximum absolute atomic E-state index is 5.02. The summed E-state index contributed by atoms with van der Waals surface area (Å²) < 4.78 is 4.74. The molecule has 5 nitrogen and oxygen atoms in total. The Bertz CT molecular complexity index is 3160. The lowest BCUT2D eigenvalue weighted by Crippen LogP contribution is -2.04. The standard InChI is InChI=1S/C50H33N5/c1-4-13-33(14-5-1)29-46-51-49(35-15-6-2-7-16-35)53-50(52-46)38-20-10-18-36(30-38)37-19-11-23-40(31-37)55-43-24-12-17-34-25-26-42-41-27-28-54(39-21-8-3-9-22-39)44(41)32-45(55)48(42)47(34)43/h1-28,30-32H,29H2. The van der Waals surface area contributed by atoms with Crippen LogP contribution in [0, 0.1) is 0 Å². The Morgan fingerprint density at radius 1 is 0.400 bits per heavy atom. The number of fused-ring (bicyclic) bond motifs is 2. The second kappa shape index (κ2) is 12.6. The fraction of sp³-hybridized carbons (Fsp3) is 0.0200. The predicted molar refractivity (Wildman–Crippen MR) is 225 cm³/mol. The summed E-state index contributed by atoms with van der Waals surface area (Å²) in [6.07, 6.45) is 2.82. The van der Waals surface area contributed by atoms with Gasteiger partial charge in [0.05, 0.1) is 16.6 Å². The first-order valence-corrected chi connectivity index (χ1v) is 18.7. The number of aromatic nitrogens is 5. The van der Waals surface area contributed by atoms with Gasteiger partial charge in [-0.2, -0.15) is 0 Å². The molecule has 0 aliphatic carbocycles. The molecule has 0 saturated heterocycles. The molecule has 11 rings (SSSR count). The Hall–Kier alpha value is -7.37. The van der Waals surface area contributed by atoms with Crippen LogP contribution in [0.15, 0.2) is 188 Å². The summed E-state index contributed by atoms with van der Waals surface area (Å²) in [4.78, 5) is 15.0. The highest BCUT2D eigenvalue weighted by Gasteiger charge is 2.20. The third-order valence-corrected chi connectivity index (χ3v) is 10.8. The molecule has 0 aliphatic rings. The van der Waals surface area contributed by atoms with Crippen molar-refractivity contribution in [3.05, 3.63) is 200 Å². The van der Waals surface area contributed by atoms with Gasteiger partial charge < -0.3 is 9.13 Å². The smallest absolute Gasteiger partial charge is 0.163 e. The molecule has 0 fully saturated rings. The van der Waals surface area contributed by atoms with E-state index in [9.17, 15) is 0 Å². The molecule has 0 saturated carbocycles. The highest BCUT2D eigenvalue weighted by molar-refractivity contribution is 6.29. The maximum Gasteiger partial charge on any atom is 0.163 e. The molecule has 0 N–H and O–H groups in total. The summed E-state index contributed by atoms with van der Waals surface area (Å²) in [6.45, 7) is 0. The summed E-state index contributed by atoms with van der Waals surface area (Å²) in [7, 11) is 0. The van der Waals surface area contributed by atoms with Crippen LogP contribution in [0.4, 0.5) is 0 Å². The lowest BCUT2D eigenvalue weighted by molar-refractivity contribution is 0.932. The van der Waals surface area contributed by atoms with E-state index in [0.717, 1.165) is 45.0 Å². The van der Waals surface area contributed by atoms with Crippen LogP contribution in [-0.4, -0.2) is 24.1 Å². The van der Waals surface area contributed by atoms with Crippen LogP contribution >= 0.6 is 0 Å². The van der Waals surface area contributed by atoms with Crippen molar-refractivity contribution < 1.29 is 0 Å². The minimum Gasteiger partial charge on any atom is -0.316 e. The van der Waals surface area contributed by atoms with Crippen LogP contribution in [0.5, 0.6) is 0 Å². The van der Waals surface area contributed by atoms with Gasteiger partial charge in [0, 0.05) is 51.3 Å². The van der Waals surface area contributed by atoms with E-state index >= 15 is 0 Å². The zero-order chi connectivity index (χ0) is 36.3. The van der Waals surface area contributed by atoms with Gasteiger partial charge >= 0.3 is 0 Å². The SMILES string of the molecule is c1ccc(Cc2nc(-c3ccccc3)nc(-c3cccc(-c4cccc(-n5c6cccc7ccc8c9ccn(-c%10ccccc%10)c9cc5c8c76)c4)c3)n2)cc1. The molecule has 258 valence electrons. The van der Waals surface area contributed by atoms with Gasteiger partial charge in [0.2, 0.25) is 0 Å². The normalized spacial score (nSPS) is 11.7. The van der Waals surface area contributed by atoms with Crippen molar-refractivity contribution in [2.45, 2.75) is 6.42 Å². The van der Waals surface area contributed by atoms with Crippen molar-refractivity contribution in [1.82, 2.24) is 24.1 Å². The molecule has 0 amide bonds. The molecule has 8 aromatic carbocycles. The summed E-state index contributed by atoms with van der Waals surface area (Å²) in [5, 5.41) is 6.37. The average Bonchev–Trinajstić information content (AvgIpc) is 3.84. The topological polar surface area (TPSA) is 48.5 Å². The third kappa shape index (κ3) is 5.28. The molecular weight excluding hydrogens is 671 g/mol. The number of hydrogen-bond acceptors (Lipinski definition) is 3. The summed E-state index contributed by atoms with van der Waals surface area (Å²) in [5.41, 5.74) is 11.1. The fourth-order valence-corrected chi connectivity index (χ4v) is 8.24. The van der Waals surface area contributed by atoms with Gasteiger partial charge in [0.25, 0.3) is 0 Å². The molecule has 11 aromatic rings. The van der Waals surface area contributed by atoms with E-state index < -0.39 is 0 Å². The van der Waals surface area contributed by atoms with Gasteiger partial charge in [-0.15, -0.1) is 0 Å². The first-order valence-electron chi connectivity index (χ1n) is 18.7. The lowest BCUT2D eigenvalue weighted by atomic mass is 10.00. The summed E-state index contributed by atoms with van der Waals surface area (Å²) >= 11 is 0. The van der Waals surface area contributed by atoms with Crippen LogP contribution < -0.4 is 0 Å². The third-order valence-electron chi connectivity index (χ3n) is 10.8. The van der Waals surface area contributed by atoms with Crippen molar-refractivity contribution in [3.63, 3.8) is 0 Å². The van der Waals surface area contributed by atoms with Gasteiger partial charge in [-0.05, 0) is 76.0 Å². The molecule has 5 heteroatoms. The Morgan fingerprint density at radius 3 is 1.87 bits per heavy atom. The second-order valence-corrected chi connectivity index (χ2v) is 14.1. The monoisotopic (exact) mass is 703 g/mol. The number of nitrogens with zero attached hydrogens (tertiary/aromatic N) is 5. The van der Waals surface area contributed by atoms with Crippen LogP contribution in [-0.2, 0) is 6.42 Å². The van der Waals surface area contributed by atoms with Gasteiger partial charge in [0.15, 0.2) is 11.6 Å². The molecule has 3 aromatic heterocycles. The highest BCUT2D eigenvalue weighted by atomic mass is 15.0. The predicted octanol–water partition coefficient (Wildman–Crippen LogP) is 12.1. The minimum atomic E-state index is 0.623. The largest absolute Gasteiger partial charge is 0.316 e. The molecular formula is C50H33N5. The van der Waals surface area contributed by atoms with Crippen molar-refractivity contribution in [3.8, 4) is 45.3 Å². The van der Waals surface area contributed by atoms with Gasteiger partial charge in [0.1, 0.15) is 5.82 Å².